The highest BCUT2D eigenvalue weighted by Gasteiger charge is 2.27. The molecule has 4 rings (SSSR count). The molecule has 1 N–H and O–H groups in total. The van der Waals surface area contributed by atoms with E-state index in [4.69, 9.17) is 14.5 Å². The van der Waals surface area contributed by atoms with E-state index >= 15 is 0 Å². The first-order valence-corrected chi connectivity index (χ1v) is 12.3. The van der Waals surface area contributed by atoms with Crippen LogP contribution in [-0.2, 0) is 13.1 Å². The summed E-state index contributed by atoms with van der Waals surface area (Å²) in [6.07, 6.45) is 0.758. The molecular weight excluding hydrogens is 468 g/mol. The van der Waals surface area contributed by atoms with E-state index in [1.807, 2.05) is 62.4 Å². The fourth-order valence-corrected chi connectivity index (χ4v) is 4.34. The number of amides is 2. The Kier molecular flexibility index (Phi) is 8.08. The van der Waals surface area contributed by atoms with Crippen LogP contribution in [0, 0.1) is 0 Å². The predicted molar refractivity (Wildman–Crippen MR) is 145 cm³/mol. The summed E-state index contributed by atoms with van der Waals surface area (Å²) in [5, 5.41) is 3.54. The molecule has 192 valence electrons. The summed E-state index contributed by atoms with van der Waals surface area (Å²) in [4.78, 5) is 33.7. The molecule has 8 nitrogen and oxygen atoms in total. The van der Waals surface area contributed by atoms with Gasteiger partial charge >= 0.3 is 6.03 Å². The zero-order valence-corrected chi connectivity index (χ0v) is 21.6. The Morgan fingerprint density at radius 2 is 1.76 bits per heavy atom. The molecule has 0 saturated carbocycles. The second-order valence-electron chi connectivity index (χ2n) is 8.73. The van der Waals surface area contributed by atoms with Gasteiger partial charge in [0.2, 0.25) is 0 Å². The van der Waals surface area contributed by atoms with E-state index in [9.17, 15) is 9.59 Å². The lowest BCUT2D eigenvalue weighted by Crippen LogP contribution is -2.39. The molecule has 0 spiro atoms. The average molecular weight is 501 g/mol. The first-order valence-electron chi connectivity index (χ1n) is 12.3. The van der Waals surface area contributed by atoms with Gasteiger partial charge in [-0.05, 0) is 43.2 Å². The number of carbonyl (C=O) groups excluding carboxylic acids is 1. The number of hydrogen-bond acceptors (Lipinski definition) is 5. The highest BCUT2D eigenvalue weighted by Crippen LogP contribution is 2.30. The Morgan fingerprint density at radius 3 is 2.46 bits per heavy atom. The number of nitrogens with zero attached hydrogens (tertiary/aromatic N) is 3. The van der Waals surface area contributed by atoms with Gasteiger partial charge in [-0.15, -0.1) is 0 Å². The molecule has 1 atom stereocenters. The van der Waals surface area contributed by atoms with Crippen LogP contribution in [0.5, 0.6) is 11.5 Å². The maximum Gasteiger partial charge on any atom is 0.322 e. The first-order chi connectivity index (χ1) is 18.0. The molecule has 1 unspecified atom stereocenters. The van der Waals surface area contributed by atoms with Gasteiger partial charge in [-0.1, -0.05) is 49.4 Å². The zero-order valence-electron chi connectivity index (χ0n) is 21.6. The average Bonchev–Trinajstić information content (AvgIpc) is 2.93. The Labute approximate surface area is 216 Å². The van der Waals surface area contributed by atoms with Crippen LogP contribution < -0.4 is 20.3 Å². The number of ether oxygens (including phenoxy) is 2. The van der Waals surface area contributed by atoms with E-state index in [1.54, 1.807) is 40.8 Å². The number of para-hydroxylation sites is 1. The summed E-state index contributed by atoms with van der Waals surface area (Å²) in [5.74, 6) is 1.64. The highest BCUT2D eigenvalue weighted by molar-refractivity contribution is 5.91. The SMILES string of the molecule is CCCn1c(C(C)N(Cc2ccccc2)C(=O)Nc2ccc(OC)cc2OC)nc2ccccc2c1=O. The summed E-state index contributed by atoms with van der Waals surface area (Å²) in [7, 11) is 3.11. The van der Waals surface area contributed by atoms with E-state index in [0.29, 0.717) is 47.0 Å². The van der Waals surface area contributed by atoms with Crippen molar-refractivity contribution in [1.29, 1.82) is 0 Å². The minimum Gasteiger partial charge on any atom is -0.497 e. The lowest BCUT2D eigenvalue weighted by atomic mass is 10.1. The maximum atomic E-state index is 13.8. The van der Waals surface area contributed by atoms with Gasteiger partial charge in [-0.2, -0.15) is 0 Å². The number of aromatic nitrogens is 2. The molecule has 8 heteroatoms. The Balaban J connectivity index is 1.77. The molecule has 0 radical (unpaired) electrons. The van der Waals surface area contributed by atoms with Crippen molar-refractivity contribution >= 4 is 22.6 Å². The Bertz CT molecular complexity index is 1440. The van der Waals surface area contributed by atoms with Gasteiger partial charge in [0.1, 0.15) is 17.3 Å². The summed E-state index contributed by atoms with van der Waals surface area (Å²) >= 11 is 0. The largest absolute Gasteiger partial charge is 0.497 e. The topological polar surface area (TPSA) is 85.7 Å². The molecule has 3 aromatic carbocycles. The van der Waals surface area contributed by atoms with Gasteiger partial charge in [-0.25, -0.2) is 9.78 Å². The molecule has 37 heavy (non-hydrogen) atoms. The van der Waals surface area contributed by atoms with Gasteiger partial charge in [-0.3, -0.25) is 9.36 Å². The van der Waals surface area contributed by atoms with Crippen LogP contribution in [0.1, 0.15) is 37.7 Å². The van der Waals surface area contributed by atoms with Crippen molar-refractivity contribution in [3.8, 4) is 11.5 Å². The second kappa shape index (κ2) is 11.6. The lowest BCUT2D eigenvalue weighted by Gasteiger charge is -2.31. The van der Waals surface area contributed by atoms with Crippen molar-refractivity contribution in [2.45, 2.75) is 39.4 Å². The number of nitrogens with one attached hydrogen (secondary N) is 1. The smallest absolute Gasteiger partial charge is 0.322 e. The summed E-state index contributed by atoms with van der Waals surface area (Å²) in [6, 6.07) is 21.4. The number of carbonyl (C=O) groups is 1. The third kappa shape index (κ3) is 5.58. The van der Waals surface area contributed by atoms with Crippen molar-refractivity contribution in [2.75, 3.05) is 19.5 Å². The van der Waals surface area contributed by atoms with Crippen molar-refractivity contribution in [3.05, 3.63) is 94.5 Å². The molecule has 4 aromatic rings. The molecule has 0 aliphatic rings. The standard InChI is InChI=1S/C29H32N4O4/c1-5-17-32-27(30-24-14-10-9-13-23(24)28(32)34)20(2)33(19-21-11-7-6-8-12-21)29(35)31-25-16-15-22(36-3)18-26(25)37-4/h6-16,18,20H,5,17,19H2,1-4H3,(H,31,35). The third-order valence-electron chi connectivity index (χ3n) is 6.29. The molecule has 0 fully saturated rings. The molecule has 1 aromatic heterocycles. The zero-order chi connectivity index (χ0) is 26.4. The van der Waals surface area contributed by atoms with Gasteiger partial charge in [0.05, 0.1) is 36.9 Å². The van der Waals surface area contributed by atoms with Gasteiger partial charge < -0.3 is 19.7 Å². The van der Waals surface area contributed by atoms with E-state index < -0.39 is 6.04 Å². The van der Waals surface area contributed by atoms with E-state index in [1.165, 1.54) is 7.11 Å². The lowest BCUT2D eigenvalue weighted by molar-refractivity contribution is 0.184. The van der Waals surface area contributed by atoms with Gasteiger partial charge in [0.25, 0.3) is 5.56 Å². The number of hydrogen-bond donors (Lipinski definition) is 1. The van der Waals surface area contributed by atoms with Crippen molar-refractivity contribution in [3.63, 3.8) is 0 Å². The summed E-state index contributed by atoms with van der Waals surface area (Å²) in [6.45, 7) is 4.74. The van der Waals surface area contributed by atoms with Crippen LogP contribution >= 0.6 is 0 Å². The summed E-state index contributed by atoms with van der Waals surface area (Å²) < 4.78 is 12.4. The Morgan fingerprint density at radius 1 is 1.03 bits per heavy atom. The second-order valence-corrected chi connectivity index (χ2v) is 8.73. The predicted octanol–water partition coefficient (Wildman–Crippen LogP) is 5.62. The van der Waals surface area contributed by atoms with Crippen molar-refractivity contribution < 1.29 is 14.3 Å². The van der Waals surface area contributed by atoms with Crippen LogP contribution in [-0.4, -0.2) is 34.7 Å². The number of rotatable bonds is 9. The minimum absolute atomic E-state index is 0.105. The number of anilines is 1. The molecule has 0 saturated heterocycles. The van der Waals surface area contributed by atoms with E-state index in [0.717, 1.165) is 12.0 Å². The molecule has 1 heterocycles. The quantitative estimate of drug-likeness (QED) is 0.322. The summed E-state index contributed by atoms with van der Waals surface area (Å²) in [5.41, 5.74) is 1.97. The highest BCUT2D eigenvalue weighted by atomic mass is 16.5. The van der Waals surface area contributed by atoms with Gasteiger partial charge in [0, 0.05) is 19.2 Å². The van der Waals surface area contributed by atoms with Crippen molar-refractivity contribution in [1.82, 2.24) is 14.5 Å². The van der Waals surface area contributed by atoms with Crippen molar-refractivity contribution in [2.24, 2.45) is 0 Å². The van der Waals surface area contributed by atoms with Crippen LogP contribution in [0.25, 0.3) is 10.9 Å². The molecule has 0 aliphatic carbocycles. The minimum atomic E-state index is -0.506. The van der Waals surface area contributed by atoms with Crippen LogP contribution in [0.3, 0.4) is 0 Å². The van der Waals surface area contributed by atoms with E-state index in [2.05, 4.69) is 5.32 Å². The number of fused-ring (bicyclic) bond motifs is 1. The third-order valence-corrected chi connectivity index (χ3v) is 6.29. The van der Waals surface area contributed by atoms with Crippen LogP contribution in [0.2, 0.25) is 0 Å². The number of benzene rings is 3. The number of urea groups is 1. The molecule has 0 bridgehead atoms. The monoisotopic (exact) mass is 500 g/mol. The fourth-order valence-electron chi connectivity index (χ4n) is 4.34. The van der Waals surface area contributed by atoms with Gasteiger partial charge in [0.15, 0.2) is 0 Å². The number of methoxy groups -OCH3 is 2. The Hall–Kier alpha value is -4.33. The maximum absolute atomic E-state index is 13.8. The van der Waals surface area contributed by atoms with E-state index in [-0.39, 0.29) is 11.6 Å². The normalized spacial score (nSPS) is 11.7. The van der Waals surface area contributed by atoms with Crippen LogP contribution in [0.15, 0.2) is 77.6 Å². The van der Waals surface area contributed by atoms with Crippen LogP contribution in [0.4, 0.5) is 10.5 Å². The molecular formula is C29H32N4O4. The molecule has 2 amide bonds. The fraction of sp³-hybridized carbons (Fsp3) is 0.276. The first kappa shape index (κ1) is 25.8. The molecule has 0 aliphatic heterocycles.